The van der Waals surface area contributed by atoms with Gasteiger partial charge in [-0.25, -0.2) is 18.7 Å². The van der Waals surface area contributed by atoms with Crippen LogP contribution in [0.25, 0.3) is 0 Å². The van der Waals surface area contributed by atoms with Crippen molar-refractivity contribution in [2.24, 2.45) is 22.0 Å². The SMILES string of the molecule is Cc1cc(N2CCC[C@]3(CC[C@@H](N(C(=O)c4nc[nH]c4C(N)=O)C(C)C)CC3)C2=O)c(Cl)cc1F.Cc1cc(N2CCC[C@]3(CC[C@H](NC(=O)c4[nH]cnc4C(=O)N4CC5(COC5)C4)CC3)C2=O)c(Cl)cc1F. The number of nitrogens with one attached hydrogen (secondary N) is 3. The summed E-state index contributed by atoms with van der Waals surface area (Å²) in [6, 6.07) is 5.48. The Morgan fingerprint density at radius 3 is 1.74 bits per heavy atom. The van der Waals surface area contributed by atoms with E-state index in [4.69, 9.17) is 33.7 Å². The maximum atomic E-state index is 13.9. The first-order valence-corrected chi connectivity index (χ1v) is 25.9. The Labute approximate surface area is 432 Å². The number of ether oxygens (including phenoxy) is 1. The van der Waals surface area contributed by atoms with E-state index in [0.717, 1.165) is 25.7 Å². The van der Waals surface area contributed by atoms with Gasteiger partial charge in [-0.1, -0.05) is 23.2 Å². The Hall–Kier alpha value is -5.92. The van der Waals surface area contributed by atoms with Crippen LogP contribution in [0.4, 0.5) is 20.2 Å². The second-order valence-electron chi connectivity index (χ2n) is 21.3. The minimum absolute atomic E-state index is 0.00231. The van der Waals surface area contributed by atoms with Crippen LogP contribution >= 0.6 is 23.2 Å². The number of nitrogens with two attached hydrogens (primary N) is 1. The number of piperidine rings is 2. The quantitative estimate of drug-likeness (QED) is 0.129. The van der Waals surface area contributed by atoms with Crippen molar-refractivity contribution in [3.63, 3.8) is 0 Å². The first-order chi connectivity index (χ1) is 34.8. The number of anilines is 2. The molecule has 6 amide bonds. The number of likely N-dealkylation sites (tertiary alicyclic amines) is 1. The van der Waals surface area contributed by atoms with Crippen molar-refractivity contribution < 1.29 is 42.3 Å². The molecule has 73 heavy (non-hydrogen) atoms. The highest BCUT2D eigenvalue weighted by Gasteiger charge is 2.52. The van der Waals surface area contributed by atoms with Gasteiger partial charge in [-0.15, -0.1) is 0 Å². The van der Waals surface area contributed by atoms with Crippen LogP contribution in [0.15, 0.2) is 36.9 Å². The smallest absolute Gasteiger partial charge is 0.275 e. The number of hydrogen-bond acceptors (Lipinski definition) is 9. The van der Waals surface area contributed by atoms with E-state index in [2.05, 4.69) is 25.3 Å². The van der Waals surface area contributed by atoms with E-state index in [-0.39, 0.29) is 85.9 Å². The van der Waals surface area contributed by atoms with E-state index in [0.29, 0.717) is 113 Å². The number of rotatable bonds is 9. The molecule has 2 aromatic heterocycles. The molecule has 6 fully saturated rings. The number of carbonyl (C=O) groups excluding carboxylic acids is 6. The average Bonchev–Trinajstić information content (AvgIpc) is 4.04. The van der Waals surface area contributed by atoms with Gasteiger partial charge in [-0.3, -0.25) is 28.8 Å². The van der Waals surface area contributed by atoms with E-state index in [1.54, 1.807) is 45.6 Å². The van der Waals surface area contributed by atoms with Gasteiger partial charge >= 0.3 is 0 Å². The van der Waals surface area contributed by atoms with Crippen LogP contribution in [0.1, 0.15) is 144 Å². The third kappa shape index (κ3) is 9.84. The van der Waals surface area contributed by atoms with Gasteiger partial charge in [0.2, 0.25) is 11.8 Å². The molecular formula is C52H62Cl2F2N10O7. The molecule has 0 bridgehead atoms. The largest absolute Gasteiger partial charge is 0.380 e. The van der Waals surface area contributed by atoms with Gasteiger partial charge in [-0.05, 0) is 140 Å². The molecule has 2 saturated carbocycles. The van der Waals surface area contributed by atoms with E-state index in [9.17, 15) is 37.5 Å². The van der Waals surface area contributed by atoms with Crippen LogP contribution in [-0.2, 0) is 14.3 Å². The Kier molecular flexibility index (Phi) is 14.5. The Morgan fingerprint density at radius 1 is 0.767 bits per heavy atom. The number of primary amides is 1. The number of aryl methyl sites for hydroxylation is 2. The first kappa shape index (κ1) is 52.0. The summed E-state index contributed by atoms with van der Waals surface area (Å²) in [5.41, 5.74) is 6.75. The van der Waals surface area contributed by atoms with E-state index in [1.165, 1.54) is 24.8 Å². The Balaban J connectivity index is 0.000000181. The van der Waals surface area contributed by atoms with Crippen molar-refractivity contribution in [3.05, 3.63) is 92.5 Å². The lowest BCUT2D eigenvalue weighted by Crippen LogP contribution is -2.67. The highest BCUT2D eigenvalue weighted by molar-refractivity contribution is 6.34. The van der Waals surface area contributed by atoms with Crippen molar-refractivity contribution in [3.8, 4) is 0 Å². The van der Waals surface area contributed by atoms with Gasteiger partial charge in [0.05, 0.1) is 52.7 Å². The minimum atomic E-state index is -0.736. The minimum Gasteiger partial charge on any atom is -0.380 e. The van der Waals surface area contributed by atoms with E-state index < -0.39 is 28.4 Å². The van der Waals surface area contributed by atoms with Crippen LogP contribution in [0.3, 0.4) is 0 Å². The molecule has 10 rings (SSSR count). The molecule has 0 radical (unpaired) electrons. The molecule has 2 aromatic carbocycles. The lowest BCUT2D eigenvalue weighted by Gasteiger charge is -2.54. The van der Waals surface area contributed by atoms with Gasteiger partial charge in [0, 0.05) is 55.1 Å². The van der Waals surface area contributed by atoms with E-state index >= 15 is 0 Å². The molecule has 0 atom stereocenters. The van der Waals surface area contributed by atoms with Crippen molar-refractivity contribution in [2.45, 2.75) is 123 Å². The zero-order valence-corrected chi connectivity index (χ0v) is 43.1. The van der Waals surface area contributed by atoms with Crippen LogP contribution in [0.2, 0.25) is 10.0 Å². The molecule has 17 nitrogen and oxygen atoms in total. The second kappa shape index (κ2) is 20.4. The van der Waals surface area contributed by atoms with Crippen molar-refractivity contribution >= 4 is 70.0 Å². The molecule has 4 aliphatic heterocycles. The van der Waals surface area contributed by atoms with Gasteiger partial charge in [0.15, 0.2) is 11.4 Å². The number of aromatic amines is 2. The maximum absolute atomic E-state index is 13.9. The topological polar surface area (TPSA) is 220 Å². The molecule has 4 saturated heterocycles. The number of benzene rings is 2. The first-order valence-electron chi connectivity index (χ1n) is 25.2. The highest BCUT2D eigenvalue weighted by Crippen LogP contribution is 2.49. The maximum Gasteiger partial charge on any atom is 0.275 e. The number of aromatic nitrogens is 4. The number of nitrogens with zero attached hydrogens (tertiary/aromatic N) is 6. The van der Waals surface area contributed by atoms with Gasteiger partial charge in [0.1, 0.15) is 23.0 Å². The van der Waals surface area contributed by atoms with Crippen LogP contribution in [0.5, 0.6) is 0 Å². The third-order valence-electron chi connectivity index (χ3n) is 16.2. The summed E-state index contributed by atoms with van der Waals surface area (Å²) in [6.07, 6.45) is 11.0. The summed E-state index contributed by atoms with van der Waals surface area (Å²) >= 11 is 12.7. The predicted octanol–water partition coefficient (Wildman–Crippen LogP) is 7.68. The molecule has 5 N–H and O–H groups in total. The second-order valence-corrected chi connectivity index (χ2v) is 22.2. The number of imidazole rings is 2. The summed E-state index contributed by atoms with van der Waals surface area (Å²) < 4.78 is 33.2. The summed E-state index contributed by atoms with van der Waals surface area (Å²) in [6.45, 7) is 10.8. The van der Waals surface area contributed by atoms with Crippen molar-refractivity contribution in [2.75, 3.05) is 49.2 Å². The predicted molar refractivity (Wildman–Crippen MR) is 268 cm³/mol. The van der Waals surface area contributed by atoms with Crippen molar-refractivity contribution in [1.82, 2.24) is 35.1 Å². The zero-order valence-electron chi connectivity index (χ0n) is 41.6. The molecular weight excluding hydrogens is 986 g/mol. The normalized spacial score (nSPS) is 24.5. The fourth-order valence-electron chi connectivity index (χ4n) is 12.1. The lowest BCUT2D eigenvalue weighted by molar-refractivity contribution is -0.176. The van der Waals surface area contributed by atoms with Crippen LogP contribution in [-0.4, -0.2) is 123 Å². The monoisotopic (exact) mass is 1050 g/mol. The molecule has 3 spiro atoms. The number of hydrogen-bond donors (Lipinski definition) is 4. The summed E-state index contributed by atoms with van der Waals surface area (Å²) in [5, 5.41) is 3.51. The number of halogens is 4. The van der Waals surface area contributed by atoms with Gasteiger partial charge in [0.25, 0.3) is 23.6 Å². The molecule has 0 unspecified atom stereocenters. The zero-order chi connectivity index (χ0) is 52.1. The number of amides is 6. The van der Waals surface area contributed by atoms with Crippen LogP contribution in [0, 0.1) is 41.7 Å². The average molecular weight is 1050 g/mol. The third-order valence-corrected chi connectivity index (χ3v) is 16.8. The van der Waals surface area contributed by atoms with Gasteiger partial charge in [-0.2, -0.15) is 0 Å². The van der Waals surface area contributed by atoms with Crippen molar-refractivity contribution in [1.29, 1.82) is 0 Å². The van der Waals surface area contributed by atoms with E-state index in [1.807, 2.05) is 13.8 Å². The standard InChI is InChI=1S/C27H31ClFN5O4.C25H31ClFN5O3/c1-16-9-20(18(28)10-19(16)29)34-8-2-5-27(25(34)37)6-3-17(4-7-27)32-23(35)21-22(31-15-30-21)24(36)33-11-26(12-33)13-38-14-26;1-14(2)32(23(34)21-20(22(28)33)29-13-30-21)16-5-8-25(9-6-16)7-4-10-31(24(25)35)19-11-15(3)18(27)12-17(19)26/h9-10,15,17H,2-8,11-14H2,1H3,(H,30,31)(H,32,35);11-14,16H,4-10H2,1-3H3,(H2,28,33)(H,29,30)/t17-,27+;16-,25-. The highest BCUT2D eigenvalue weighted by atomic mass is 35.5. The summed E-state index contributed by atoms with van der Waals surface area (Å²) in [7, 11) is 0. The fraction of sp³-hybridized carbons (Fsp3) is 0.538. The molecule has 21 heteroatoms. The summed E-state index contributed by atoms with van der Waals surface area (Å²) in [4.78, 5) is 99.0. The molecule has 6 heterocycles. The Bertz CT molecular complexity index is 2830. The molecule has 2 aliphatic carbocycles. The summed E-state index contributed by atoms with van der Waals surface area (Å²) in [5.74, 6) is -2.45. The van der Waals surface area contributed by atoms with Crippen LogP contribution < -0.4 is 20.9 Å². The lowest BCUT2D eigenvalue weighted by atomic mass is 9.67. The molecule has 390 valence electrons. The number of H-pyrrole nitrogens is 2. The number of carbonyl (C=O) groups is 6. The molecule has 4 aromatic rings. The van der Waals surface area contributed by atoms with Gasteiger partial charge < -0.3 is 45.4 Å². The Morgan fingerprint density at radius 2 is 1.26 bits per heavy atom. The molecule has 6 aliphatic rings. The fourth-order valence-corrected chi connectivity index (χ4v) is 12.6.